The van der Waals surface area contributed by atoms with Crippen LogP contribution < -0.4 is 0 Å². The number of hydrogen-bond donors (Lipinski definition) is 1. The fourth-order valence-electron chi connectivity index (χ4n) is 3.57. The van der Waals surface area contributed by atoms with Gasteiger partial charge in [0.25, 0.3) is 0 Å². The Hall–Kier alpha value is -0.570. The Balaban J connectivity index is 2.11. The maximum Gasteiger partial charge on any atom is 0.320 e. The highest BCUT2D eigenvalue weighted by Gasteiger charge is 2.45. The molecule has 92 valence electrons. The minimum atomic E-state index is -0.615. The van der Waals surface area contributed by atoms with Crippen LogP contribution in [-0.4, -0.2) is 34.6 Å². The molecule has 0 bridgehead atoms. The summed E-state index contributed by atoms with van der Waals surface area (Å²) >= 11 is 0. The van der Waals surface area contributed by atoms with Gasteiger partial charge in [0, 0.05) is 6.04 Å². The normalized spacial score (nSPS) is 39.6. The van der Waals surface area contributed by atoms with Crippen molar-refractivity contribution in [2.24, 2.45) is 11.8 Å². The first-order valence-electron chi connectivity index (χ1n) is 6.62. The van der Waals surface area contributed by atoms with Gasteiger partial charge in [-0.3, -0.25) is 9.69 Å². The second-order valence-corrected chi connectivity index (χ2v) is 5.57. The second-order valence-electron chi connectivity index (χ2n) is 5.57. The number of nitrogens with zero attached hydrogens (tertiary/aromatic N) is 1. The lowest BCUT2D eigenvalue weighted by Crippen LogP contribution is -2.43. The molecule has 4 atom stereocenters. The van der Waals surface area contributed by atoms with Crippen molar-refractivity contribution in [3.05, 3.63) is 0 Å². The molecule has 1 saturated carbocycles. The lowest BCUT2D eigenvalue weighted by atomic mass is 9.79. The van der Waals surface area contributed by atoms with Gasteiger partial charge >= 0.3 is 5.97 Å². The van der Waals surface area contributed by atoms with Gasteiger partial charge in [0.05, 0.1) is 0 Å². The van der Waals surface area contributed by atoms with Crippen LogP contribution in [-0.2, 0) is 4.79 Å². The molecule has 0 aromatic rings. The van der Waals surface area contributed by atoms with Gasteiger partial charge < -0.3 is 5.11 Å². The smallest absolute Gasteiger partial charge is 0.320 e. The Morgan fingerprint density at radius 3 is 2.75 bits per heavy atom. The van der Waals surface area contributed by atoms with E-state index < -0.39 is 5.97 Å². The Kier molecular flexibility index (Phi) is 3.53. The van der Waals surface area contributed by atoms with Crippen molar-refractivity contribution >= 4 is 5.97 Å². The molecular weight excluding hydrogens is 202 g/mol. The molecule has 0 radical (unpaired) electrons. The van der Waals surface area contributed by atoms with Crippen LogP contribution in [0.15, 0.2) is 0 Å². The average Bonchev–Trinajstić information content (AvgIpc) is 2.58. The van der Waals surface area contributed by atoms with E-state index in [2.05, 4.69) is 18.7 Å². The minimum Gasteiger partial charge on any atom is -0.480 e. The summed E-state index contributed by atoms with van der Waals surface area (Å²) in [6.07, 6.45) is 5.66. The van der Waals surface area contributed by atoms with E-state index in [-0.39, 0.29) is 6.04 Å². The summed E-state index contributed by atoms with van der Waals surface area (Å²) in [7, 11) is 0. The number of carboxylic acids is 1. The maximum atomic E-state index is 11.3. The summed E-state index contributed by atoms with van der Waals surface area (Å²) in [5.41, 5.74) is 0. The molecule has 2 rings (SSSR count). The zero-order valence-electron chi connectivity index (χ0n) is 10.4. The zero-order valence-corrected chi connectivity index (χ0v) is 10.4. The third-order valence-corrected chi connectivity index (χ3v) is 4.34. The second kappa shape index (κ2) is 4.74. The van der Waals surface area contributed by atoms with Gasteiger partial charge in [0.15, 0.2) is 0 Å². The lowest BCUT2D eigenvalue weighted by Gasteiger charge is -2.35. The highest BCUT2D eigenvalue weighted by atomic mass is 16.4. The Morgan fingerprint density at radius 1 is 1.38 bits per heavy atom. The zero-order chi connectivity index (χ0) is 11.7. The van der Waals surface area contributed by atoms with E-state index in [0.29, 0.717) is 12.0 Å². The Labute approximate surface area is 97.8 Å². The van der Waals surface area contributed by atoms with Crippen molar-refractivity contribution in [1.82, 2.24) is 4.90 Å². The first-order valence-corrected chi connectivity index (χ1v) is 6.62. The van der Waals surface area contributed by atoms with Crippen molar-refractivity contribution in [3.8, 4) is 0 Å². The summed E-state index contributed by atoms with van der Waals surface area (Å²) in [6.45, 7) is 5.39. The molecule has 3 heteroatoms. The van der Waals surface area contributed by atoms with Gasteiger partial charge in [-0.2, -0.15) is 0 Å². The van der Waals surface area contributed by atoms with Gasteiger partial charge in [-0.1, -0.05) is 20.3 Å². The molecule has 0 amide bonds. The van der Waals surface area contributed by atoms with Gasteiger partial charge in [0.1, 0.15) is 6.04 Å². The van der Waals surface area contributed by atoms with Crippen LogP contribution in [0, 0.1) is 11.8 Å². The van der Waals surface area contributed by atoms with Crippen molar-refractivity contribution in [3.63, 3.8) is 0 Å². The molecule has 3 nitrogen and oxygen atoms in total. The van der Waals surface area contributed by atoms with E-state index >= 15 is 0 Å². The first-order chi connectivity index (χ1) is 7.63. The van der Waals surface area contributed by atoms with Gasteiger partial charge in [-0.05, 0) is 44.1 Å². The van der Waals surface area contributed by atoms with E-state index in [1.165, 1.54) is 19.3 Å². The molecule has 2 fully saturated rings. The van der Waals surface area contributed by atoms with Crippen LogP contribution in [0.4, 0.5) is 0 Å². The monoisotopic (exact) mass is 225 g/mol. The molecule has 2 aliphatic rings. The number of fused-ring (bicyclic) bond motifs is 1. The van der Waals surface area contributed by atoms with Crippen molar-refractivity contribution in [1.29, 1.82) is 0 Å². The number of hydrogen-bond acceptors (Lipinski definition) is 2. The van der Waals surface area contributed by atoms with Gasteiger partial charge in [0.2, 0.25) is 0 Å². The number of likely N-dealkylation sites (tertiary alicyclic amines) is 1. The third-order valence-electron chi connectivity index (χ3n) is 4.34. The van der Waals surface area contributed by atoms with E-state index in [1.54, 1.807) is 0 Å². The van der Waals surface area contributed by atoms with E-state index in [9.17, 15) is 9.90 Å². The highest BCUT2D eigenvalue weighted by molar-refractivity contribution is 5.74. The predicted molar refractivity (Wildman–Crippen MR) is 63.3 cm³/mol. The molecule has 16 heavy (non-hydrogen) atoms. The molecule has 0 aromatic heterocycles. The summed E-state index contributed by atoms with van der Waals surface area (Å²) in [6, 6.07) is 0.338. The predicted octanol–water partition coefficient (Wildman–Crippen LogP) is 2.36. The van der Waals surface area contributed by atoms with Crippen molar-refractivity contribution in [2.75, 3.05) is 6.54 Å². The average molecular weight is 225 g/mol. The van der Waals surface area contributed by atoms with Crippen LogP contribution in [0.5, 0.6) is 0 Å². The van der Waals surface area contributed by atoms with E-state index in [1.807, 2.05) is 0 Å². The third kappa shape index (κ3) is 2.10. The van der Waals surface area contributed by atoms with E-state index in [0.717, 1.165) is 25.3 Å². The van der Waals surface area contributed by atoms with Crippen LogP contribution in [0.2, 0.25) is 0 Å². The molecule has 0 aromatic carbocycles. The first kappa shape index (κ1) is 11.9. The SMILES string of the molecule is CCCN1C(C(=O)O)CC2CCC(C)CC21. The Bertz CT molecular complexity index is 267. The fraction of sp³-hybridized carbons (Fsp3) is 0.923. The van der Waals surface area contributed by atoms with Gasteiger partial charge in [-0.25, -0.2) is 0 Å². The molecule has 1 aliphatic carbocycles. The number of aliphatic carboxylic acids is 1. The highest BCUT2D eigenvalue weighted by Crippen LogP contribution is 2.41. The van der Waals surface area contributed by atoms with Crippen LogP contribution in [0.1, 0.15) is 46.0 Å². The summed E-state index contributed by atoms with van der Waals surface area (Å²) in [5, 5.41) is 9.28. The van der Waals surface area contributed by atoms with Crippen LogP contribution >= 0.6 is 0 Å². The lowest BCUT2D eigenvalue weighted by molar-refractivity contribution is -0.142. The van der Waals surface area contributed by atoms with Crippen LogP contribution in [0.25, 0.3) is 0 Å². The van der Waals surface area contributed by atoms with Crippen LogP contribution in [0.3, 0.4) is 0 Å². The standard InChI is InChI=1S/C13H23NO2/c1-3-6-14-11-7-9(2)4-5-10(11)8-12(14)13(15)16/h9-12H,3-8H2,1-2H3,(H,15,16). The largest absolute Gasteiger partial charge is 0.480 e. The van der Waals surface area contributed by atoms with Crippen molar-refractivity contribution < 1.29 is 9.90 Å². The maximum absolute atomic E-state index is 11.3. The molecule has 1 heterocycles. The summed E-state index contributed by atoms with van der Waals surface area (Å²) < 4.78 is 0. The Morgan fingerprint density at radius 2 is 2.12 bits per heavy atom. The topological polar surface area (TPSA) is 40.5 Å². The summed E-state index contributed by atoms with van der Waals surface area (Å²) in [5.74, 6) is 0.799. The number of carboxylic acid groups (broad SMARTS) is 1. The molecule has 4 unspecified atom stereocenters. The molecule has 1 saturated heterocycles. The van der Waals surface area contributed by atoms with E-state index in [4.69, 9.17) is 0 Å². The molecule has 0 spiro atoms. The number of rotatable bonds is 3. The summed E-state index contributed by atoms with van der Waals surface area (Å²) in [4.78, 5) is 13.5. The fourth-order valence-corrected chi connectivity index (χ4v) is 3.57. The quantitative estimate of drug-likeness (QED) is 0.801. The molecule has 1 N–H and O–H groups in total. The van der Waals surface area contributed by atoms with Crippen molar-refractivity contribution in [2.45, 2.75) is 58.0 Å². The van der Waals surface area contributed by atoms with Gasteiger partial charge in [-0.15, -0.1) is 0 Å². The molecule has 1 aliphatic heterocycles. The minimum absolute atomic E-state index is 0.208. The molecular formula is C13H23NO2. The number of carbonyl (C=O) groups is 1.